The molecule has 0 saturated carbocycles. The summed E-state index contributed by atoms with van der Waals surface area (Å²) in [5.74, 6) is 0. The first kappa shape index (κ1) is 19.7. The average Bonchev–Trinajstić information content (AvgIpc) is 2.51. The maximum Gasteiger partial charge on any atom is 0.121 e. The van der Waals surface area contributed by atoms with Crippen molar-refractivity contribution in [2.75, 3.05) is 7.05 Å². The Bertz CT molecular complexity index is 311. The average molecular weight is 263 g/mol. The van der Waals surface area contributed by atoms with Gasteiger partial charge in [0.05, 0.1) is 6.34 Å². The van der Waals surface area contributed by atoms with E-state index in [0.29, 0.717) is 0 Å². The highest BCUT2D eigenvalue weighted by atomic mass is 15.2. The summed E-state index contributed by atoms with van der Waals surface area (Å²) in [6.45, 7) is 13.6. The minimum absolute atomic E-state index is 0.0952. The van der Waals surface area contributed by atoms with Crippen LogP contribution in [0.4, 0.5) is 0 Å². The summed E-state index contributed by atoms with van der Waals surface area (Å²) in [5, 5.41) is 3.06. The zero-order chi connectivity index (χ0) is 15.1. The highest BCUT2D eigenvalue weighted by molar-refractivity contribution is 5.61. The van der Waals surface area contributed by atoms with Crippen molar-refractivity contribution in [3.63, 3.8) is 0 Å². The Morgan fingerprint density at radius 3 is 2.32 bits per heavy atom. The van der Waals surface area contributed by atoms with Crippen LogP contribution < -0.4 is 5.32 Å². The molecule has 0 amide bonds. The Balaban J connectivity index is 0. The van der Waals surface area contributed by atoms with Gasteiger partial charge in [-0.25, -0.2) is 0 Å². The summed E-state index contributed by atoms with van der Waals surface area (Å²) in [6, 6.07) is 0. The quantitative estimate of drug-likeness (QED) is 0.774. The predicted octanol–water partition coefficient (Wildman–Crippen LogP) is 4.09. The van der Waals surface area contributed by atoms with Gasteiger partial charge in [0.1, 0.15) is 6.17 Å². The molecule has 1 unspecified atom stereocenters. The maximum absolute atomic E-state index is 4.30. The fraction of sp³-hybridized carbons (Fsp3) is 0.438. The highest BCUT2D eigenvalue weighted by Gasteiger charge is 2.05. The lowest BCUT2D eigenvalue weighted by Crippen LogP contribution is -2.27. The number of rotatable bonds is 4. The van der Waals surface area contributed by atoms with Gasteiger partial charge in [-0.15, -0.1) is 0 Å². The number of likely N-dealkylation sites (N-methyl/N-ethyl adjacent to an activating group) is 1. The summed E-state index contributed by atoms with van der Waals surface area (Å²) in [5.41, 5.74) is 1.11. The first-order chi connectivity index (χ1) is 9.27. The fourth-order valence-corrected chi connectivity index (χ4v) is 1.14. The highest BCUT2D eigenvalue weighted by Crippen LogP contribution is 2.07. The van der Waals surface area contributed by atoms with Gasteiger partial charge >= 0.3 is 0 Å². The molecule has 3 nitrogen and oxygen atoms in total. The van der Waals surface area contributed by atoms with Crippen LogP contribution in [-0.2, 0) is 0 Å². The van der Waals surface area contributed by atoms with E-state index in [9.17, 15) is 0 Å². The van der Waals surface area contributed by atoms with E-state index in [0.717, 1.165) is 5.70 Å². The molecule has 1 aliphatic heterocycles. The molecule has 0 bridgehead atoms. The number of hydrogen-bond donors (Lipinski definition) is 1. The Labute approximate surface area is 119 Å². The van der Waals surface area contributed by atoms with Gasteiger partial charge in [0.2, 0.25) is 0 Å². The standard InChI is InChI=1S/C12H17N3.2C2H6/c1-4-5-6-7-11(2)15-9-8-12(13-3)14-10-15;2*1-2/h4-10,12-13H,1H2,2-3H3;2*1-2H3/b6-5-,11-7+;;. The molecule has 0 aromatic heterocycles. The number of allylic oxidation sites excluding steroid dienone is 5. The number of aliphatic imine (C=N–C) groups is 1. The van der Waals surface area contributed by atoms with E-state index >= 15 is 0 Å². The van der Waals surface area contributed by atoms with Crippen LogP contribution in [-0.4, -0.2) is 24.5 Å². The Morgan fingerprint density at radius 2 is 1.89 bits per heavy atom. The van der Waals surface area contributed by atoms with Gasteiger partial charge in [0.25, 0.3) is 0 Å². The first-order valence-corrected chi connectivity index (χ1v) is 6.91. The first-order valence-electron chi connectivity index (χ1n) is 6.91. The van der Waals surface area contributed by atoms with Gasteiger partial charge in [-0.2, -0.15) is 0 Å². The van der Waals surface area contributed by atoms with E-state index in [1.807, 2.05) is 83.4 Å². The second-order valence-electron chi connectivity index (χ2n) is 3.18. The van der Waals surface area contributed by atoms with Crippen molar-refractivity contribution in [3.05, 3.63) is 48.9 Å². The minimum atomic E-state index is 0.0952. The maximum atomic E-state index is 4.30. The van der Waals surface area contributed by atoms with Gasteiger partial charge in [-0.1, -0.05) is 52.5 Å². The van der Waals surface area contributed by atoms with Crippen LogP contribution in [0, 0.1) is 0 Å². The molecular weight excluding hydrogens is 234 g/mol. The van der Waals surface area contributed by atoms with Crippen molar-refractivity contribution in [1.82, 2.24) is 10.2 Å². The van der Waals surface area contributed by atoms with E-state index in [4.69, 9.17) is 0 Å². The SMILES string of the molecule is C=C/C=C\C=C(/C)N1C=CC(NC)N=C1.CC.CC. The molecule has 0 saturated heterocycles. The molecule has 108 valence electrons. The van der Waals surface area contributed by atoms with Gasteiger partial charge in [-0.3, -0.25) is 10.3 Å². The third-order valence-electron chi connectivity index (χ3n) is 2.07. The van der Waals surface area contributed by atoms with Crippen LogP contribution >= 0.6 is 0 Å². The predicted molar refractivity (Wildman–Crippen MR) is 88.1 cm³/mol. The van der Waals surface area contributed by atoms with Crippen molar-refractivity contribution < 1.29 is 0 Å². The molecule has 1 aliphatic rings. The summed E-state index contributed by atoms with van der Waals surface area (Å²) >= 11 is 0. The Morgan fingerprint density at radius 1 is 1.26 bits per heavy atom. The molecule has 0 aromatic carbocycles. The van der Waals surface area contributed by atoms with E-state index in [1.165, 1.54) is 0 Å². The summed E-state index contributed by atoms with van der Waals surface area (Å²) in [6.07, 6.45) is 13.5. The molecule has 3 heteroatoms. The molecule has 0 spiro atoms. The second-order valence-corrected chi connectivity index (χ2v) is 3.18. The van der Waals surface area contributed by atoms with Gasteiger partial charge < -0.3 is 4.90 Å². The van der Waals surface area contributed by atoms with E-state index in [2.05, 4.69) is 16.9 Å². The van der Waals surface area contributed by atoms with Crippen LogP contribution in [0.15, 0.2) is 53.8 Å². The molecule has 1 atom stereocenters. The number of nitrogens with zero attached hydrogens (tertiary/aromatic N) is 2. The topological polar surface area (TPSA) is 27.6 Å². The number of hydrogen-bond acceptors (Lipinski definition) is 3. The van der Waals surface area contributed by atoms with Crippen molar-refractivity contribution in [2.24, 2.45) is 4.99 Å². The zero-order valence-electron chi connectivity index (χ0n) is 13.2. The summed E-state index contributed by atoms with van der Waals surface area (Å²) in [7, 11) is 1.89. The van der Waals surface area contributed by atoms with Crippen LogP contribution in [0.2, 0.25) is 0 Å². The number of nitrogens with one attached hydrogen (secondary N) is 1. The molecular formula is C16H29N3. The third-order valence-corrected chi connectivity index (χ3v) is 2.07. The normalized spacial score (nSPS) is 17.5. The third kappa shape index (κ3) is 9.03. The van der Waals surface area contributed by atoms with Crippen LogP contribution in [0.5, 0.6) is 0 Å². The Kier molecular flexibility index (Phi) is 15.0. The van der Waals surface area contributed by atoms with Gasteiger partial charge in [0.15, 0.2) is 0 Å². The van der Waals surface area contributed by atoms with Crippen molar-refractivity contribution in [1.29, 1.82) is 0 Å². The van der Waals surface area contributed by atoms with Crippen LogP contribution in [0.3, 0.4) is 0 Å². The van der Waals surface area contributed by atoms with Crippen LogP contribution in [0.1, 0.15) is 34.6 Å². The van der Waals surface area contributed by atoms with E-state index < -0.39 is 0 Å². The Hall–Kier alpha value is -1.61. The lowest BCUT2D eigenvalue weighted by atomic mass is 10.3. The molecule has 0 radical (unpaired) electrons. The second kappa shape index (κ2) is 14.5. The lowest BCUT2D eigenvalue weighted by molar-refractivity contribution is 0.620. The largest absolute Gasteiger partial charge is 0.312 e. The summed E-state index contributed by atoms with van der Waals surface area (Å²) < 4.78 is 0. The molecule has 0 fully saturated rings. The fourth-order valence-electron chi connectivity index (χ4n) is 1.14. The van der Waals surface area contributed by atoms with E-state index in [-0.39, 0.29) is 6.17 Å². The molecule has 1 heterocycles. The van der Waals surface area contributed by atoms with Crippen molar-refractivity contribution in [2.45, 2.75) is 40.8 Å². The summed E-state index contributed by atoms with van der Waals surface area (Å²) in [4.78, 5) is 6.27. The van der Waals surface area contributed by atoms with E-state index in [1.54, 1.807) is 6.08 Å². The van der Waals surface area contributed by atoms with Gasteiger partial charge in [-0.05, 0) is 26.1 Å². The lowest BCUT2D eigenvalue weighted by Gasteiger charge is -2.20. The molecule has 0 aromatic rings. The van der Waals surface area contributed by atoms with Crippen molar-refractivity contribution >= 4 is 6.34 Å². The minimum Gasteiger partial charge on any atom is -0.312 e. The monoisotopic (exact) mass is 263 g/mol. The van der Waals surface area contributed by atoms with Crippen molar-refractivity contribution in [3.8, 4) is 0 Å². The smallest absolute Gasteiger partial charge is 0.121 e. The molecule has 0 aliphatic carbocycles. The zero-order valence-corrected chi connectivity index (χ0v) is 13.2. The molecule has 19 heavy (non-hydrogen) atoms. The van der Waals surface area contributed by atoms with Gasteiger partial charge in [0, 0.05) is 11.9 Å². The van der Waals surface area contributed by atoms with Crippen LogP contribution in [0.25, 0.3) is 0 Å². The molecule has 1 rings (SSSR count). The molecule has 1 N–H and O–H groups in total.